The van der Waals surface area contributed by atoms with Crippen LogP contribution in [0.2, 0.25) is 0 Å². The highest BCUT2D eigenvalue weighted by molar-refractivity contribution is 5.78. The van der Waals surface area contributed by atoms with Gasteiger partial charge in [-0.05, 0) is 118 Å². The minimum atomic E-state index is -3.72. The van der Waals surface area contributed by atoms with Crippen LogP contribution in [0.3, 0.4) is 0 Å². The third-order valence-electron chi connectivity index (χ3n) is 23.8. The number of ether oxygens (including phenoxy) is 8. The Balaban J connectivity index is 0.000000197. The average molecular weight is 2130 g/mol. The maximum absolute atomic E-state index is 14.5. The number of aromatic nitrogens is 12. The van der Waals surface area contributed by atoms with Crippen LogP contribution in [0.25, 0.3) is 0 Å². The van der Waals surface area contributed by atoms with Crippen molar-refractivity contribution in [3.05, 3.63) is 136 Å². The number of carbonyl (C=O) groups excluding carboxylic acids is 2. The number of halogens is 12. The van der Waals surface area contributed by atoms with Gasteiger partial charge in [0.25, 0.3) is 0 Å². The largest absolute Gasteiger partial charge is 0.384 e. The number of anilines is 6. The van der Waals surface area contributed by atoms with Crippen molar-refractivity contribution >= 4 is 46.7 Å². The number of alkyl halides is 12. The smallest absolute Gasteiger partial charge is 0.351 e. The van der Waals surface area contributed by atoms with Gasteiger partial charge in [-0.2, -0.15) is 82.6 Å². The molecule has 0 aliphatic carbocycles. The Bertz CT molecular complexity index is 5590. The van der Waals surface area contributed by atoms with Crippen molar-refractivity contribution in [1.29, 1.82) is 0 Å². The molecule has 0 saturated carbocycles. The van der Waals surface area contributed by atoms with Crippen LogP contribution in [0.1, 0.15) is 69.5 Å². The van der Waals surface area contributed by atoms with Crippen molar-refractivity contribution in [2.75, 3.05) is 221 Å². The van der Waals surface area contributed by atoms with E-state index in [1.54, 1.807) is 16.8 Å². The minimum Gasteiger partial charge on any atom is -0.384 e. The predicted molar refractivity (Wildman–Crippen MR) is 499 cm³/mol. The first-order valence-corrected chi connectivity index (χ1v) is 46.2. The first-order chi connectivity index (χ1) is 69.0. The highest BCUT2D eigenvalue weighted by Gasteiger charge is 2.65. The van der Waals surface area contributed by atoms with Crippen molar-refractivity contribution in [2.45, 2.75) is 184 Å². The van der Waals surface area contributed by atoms with Crippen molar-refractivity contribution in [3.63, 3.8) is 0 Å². The number of nitrogens with two attached hydrogens (primary N) is 6. The van der Waals surface area contributed by atoms with Gasteiger partial charge >= 0.3 is 69.7 Å². The number of likely N-dealkylation sites (N-methyl/N-ethyl adjacent to an activating group) is 4. The lowest BCUT2D eigenvalue weighted by atomic mass is 10.1. The van der Waals surface area contributed by atoms with Crippen LogP contribution >= 0.6 is 0 Å². The summed E-state index contributed by atoms with van der Waals surface area (Å²) in [5.74, 6) is -22.6. The molecule has 24 N–H and O–H groups in total. The molecule has 8 aliphatic rings. The molecular weight excluding hydrogens is 2000 g/mol. The summed E-state index contributed by atoms with van der Waals surface area (Å²) in [5, 5.41) is 76.4. The summed E-state index contributed by atoms with van der Waals surface area (Å²) in [4.78, 5) is 123. The third kappa shape index (κ3) is 31.5. The average Bonchev–Trinajstić information content (AvgIpc) is 1.64. The molecule has 19 atom stereocenters. The number of primary amides is 1. The second-order valence-corrected chi connectivity index (χ2v) is 36.0. The molecule has 0 radical (unpaired) electrons. The number of amides is 2. The highest BCUT2D eigenvalue weighted by atomic mass is 19.3. The Hall–Kier alpha value is -10.7. The molecule has 8 saturated heterocycles. The van der Waals surface area contributed by atoms with Gasteiger partial charge in [-0.15, -0.1) is 0 Å². The zero-order valence-corrected chi connectivity index (χ0v) is 81.4. The van der Waals surface area contributed by atoms with E-state index in [-0.39, 0.29) is 86.9 Å². The van der Waals surface area contributed by atoms with Crippen LogP contribution in [0.5, 0.6) is 0 Å². The first kappa shape index (κ1) is 120. The molecule has 14 heterocycles. The fourth-order valence-corrected chi connectivity index (χ4v) is 15.8. The number of nitrogens with one attached hydrogen (secondary N) is 6. The molecule has 826 valence electrons. The maximum atomic E-state index is 14.5. The Morgan fingerprint density at radius 3 is 1.02 bits per heavy atom. The molecule has 8 aliphatic heterocycles. The van der Waals surface area contributed by atoms with Crippen LogP contribution in [-0.2, 0) is 47.5 Å². The van der Waals surface area contributed by atoms with E-state index in [0.29, 0.717) is 114 Å². The Kier molecular flexibility index (Phi) is 43.3. The number of nitrogens with zero attached hydrogens (tertiary/aromatic N) is 17. The van der Waals surface area contributed by atoms with E-state index in [2.05, 4.69) is 61.8 Å². The minimum absolute atomic E-state index is 0.0155. The van der Waals surface area contributed by atoms with E-state index in [1.807, 2.05) is 57.0 Å². The van der Waals surface area contributed by atoms with Gasteiger partial charge in [0.05, 0.1) is 19.3 Å². The lowest BCUT2D eigenvalue weighted by Gasteiger charge is -2.22. The number of likely N-dealkylation sites (tertiary alicyclic amines) is 1. The Morgan fingerprint density at radius 1 is 0.415 bits per heavy atom. The van der Waals surface area contributed by atoms with Crippen LogP contribution in [0.4, 0.5) is 87.6 Å². The predicted octanol–water partition coefficient (Wildman–Crippen LogP) is -5.97. The summed E-state index contributed by atoms with van der Waals surface area (Å²) in [7, 11) is 14.6. The van der Waals surface area contributed by atoms with Crippen molar-refractivity contribution < 1.29 is 131 Å². The van der Waals surface area contributed by atoms with Gasteiger partial charge in [0.1, 0.15) is 108 Å². The summed E-state index contributed by atoms with van der Waals surface area (Å²) in [6.45, 7) is 7.41. The van der Waals surface area contributed by atoms with E-state index in [0.717, 1.165) is 74.0 Å². The first-order valence-electron chi connectivity index (χ1n) is 46.2. The highest BCUT2D eigenvalue weighted by Crippen LogP contribution is 2.48. The van der Waals surface area contributed by atoms with Crippen molar-refractivity contribution in [1.82, 2.24) is 108 Å². The van der Waals surface area contributed by atoms with E-state index in [1.165, 1.54) is 43.6 Å². The fourth-order valence-electron chi connectivity index (χ4n) is 15.8. The molecule has 8 fully saturated rings. The summed E-state index contributed by atoms with van der Waals surface area (Å²) >= 11 is 0. The monoisotopic (exact) mass is 2120 g/mol. The lowest BCUT2D eigenvalue weighted by Crippen LogP contribution is -2.44. The van der Waals surface area contributed by atoms with Gasteiger partial charge in [0.15, 0.2) is 0 Å². The number of hydrogen-bond acceptors (Lipinski definition) is 43. The molecule has 2 amide bonds. The molecule has 0 spiro atoms. The van der Waals surface area contributed by atoms with Crippen molar-refractivity contribution in [3.8, 4) is 0 Å². The molecule has 0 bridgehead atoms. The van der Waals surface area contributed by atoms with Crippen molar-refractivity contribution in [2.24, 2.45) is 5.73 Å². The quantitative estimate of drug-likeness (QED) is 0.0126. The van der Waals surface area contributed by atoms with E-state index < -0.39 is 186 Å². The molecular formula is C84H129F12N29O22. The normalized spacial score (nSPS) is 27.3. The van der Waals surface area contributed by atoms with Crippen LogP contribution in [0, 0.1) is 0 Å². The SMILES string of the molecule is CN(C)CCNC[C@H]1O[C@@H](n2ccc(N)nc2=O)C(F)(F)[C@@H]1O.CN(C)CCNC[C@H]1O[C@@H](n2ccc(NCCN(C)C)nc2=O)C(F)(F)[C@@H]1O.COCCN(C)C[C@H]1O[C@@H](n2ccc(N)nc2=O)C(F)(F)[C@@H]1O.NC(=O)CNC[C@H]1O[C@@H](n2ccc(N)nc2=O)C(F)(F)[C@@H]1O.Nc1ccn([C@@H]2O[C@H](CNCC3CCCO3)[C@@H](O)C2(F)F)c(=O)n1.Nc1ccn([C@@H]2O[C@H](CNCCCN3CCCC3=O)[C@@H](O)C2(F)F)c(=O)n1. The topological polar surface area (TPSA) is 683 Å². The van der Waals surface area contributed by atoms with Crippen LogP contribution < -0.4 is 100 Å². The fraction of sp³-hybridized carbons (Fsp3) is 0.690. The van der Waals surface area contributed by atoms with Gasteiger partial charge in [-0.25, -0.2) is 28.8 Å². The lowest BCUT2D eigenvalue weighted by molar-refractivity contribution is -0.140. The van der Waals surface area contributed by atoms with E-state index >= 15 is 0 Å². The van der Waals surface area contributed by atoms with Gasteiger partial charge in [0, 0.05) is 162 Å². The van der Waals surface area contributed by atoms with Gasteiger partial charge in [0.2, 0.25) is 49.2 Å². The molecule has 14 rings (SSSR count). The second kappa shape index (κ2) is 53.1. The van der Waals surface area contributed by atoms with Crippen LogP contribution in [-0.4, -0.2) is 427 Å². The zero-order valence-electron chi connectivity index (χ0n) is 81.4. The number of aliphatic hydroxyl groups excluding tert-OH is 6. The van der Waals surface area contributed by atoms with E-state index in [4.69, 9.17) is 72.3 Å². The van der Waals surface area contributed by atoms with Gasteiger partial charge in [-0.3, -0.25) is 37.0 Å². The van der Waals surface area contributed by atoms with E-state index in [9.17, 15) is 122 Å². The standard InChI is InChI=1S/C17H30F2N6O3.C16H23F2N5O4.C14H20F2N4O4.C13H21F2N5O3.C13H20F2N4O4.C11H15F2N5O4/c1-23(2)9-6-20-11-12-14(26)17(18,19)15(28-12)25-8-5-13(22-16(25)27)21-7-10-24(3)4;17-16(18)13(25)10(9-20-5-2-7-22-6-1-3-12(22)24)27-14(16)23-8-4-11(19)21-15(23)26;15-14(16)11(21)9(7-18-6-8-2-1-5-23-8)24-12(14)20-4-3-10(17)19-13(20)22;1-19(2)6-4-17-7-8-10(21)13(14,15)11(23-8)20-5-3-9(16)18-12(20)22;1-18(5-6-22-2)7-8-10(20)13(14,15)11(23-8)19-4-3-9(16)17-12(19)21;12-11(13)8(20)5(3-16-4-7(15)19)22-9(11)18-2-1-6(14)17-10(18)21/h5,8,12,14-15,20,26H,6-7,9-11H2,1-4H3,(H,21,22,27);4,8,10,13-14,20,25H,1-3,5-7,9H2,(H2,19,21,26);3-4,8-9,11-12,18,21H,1-2,5-7H2,(H2,17,19,22);3,5,8,10-11,17,21H,4,6-7H2,1-2H3,(H2,16,18,22);3-4,8,10-11,20H,5-7H2,1-2H3,(H2,16,17,21);1-2,5,8-9,16,20H,3-4H2,(H2,15,19)(H2,14,17,21)/t12-,14-,15-;10-,13-,14-;8?,9-,11-,12-;2*8-,10-,11-;5-,8-,9-/m111111/s1. The number of carbonyl (C=O) groups is 2. The molecule has 0 aromatic carbocycles. The number of rotatable bonds is 39. The Labute approximate surface area is 831 Å². The van der Waals surface area contributed by atoms with Crippen LogP contribution in [0.15, 0.2) is 102 Å². The molecule has 63 heteroatoms. The molecule has 6 aromatic heterocycles. The summed E-state index contributed by atoms with van der Waals surface area (Å²) in [5.41, 5.74) is 25.8. The number of methoxy groups -OCH3 is 1. The Morgan fingerprint density at radius 2 is 0.721 bits per heavy atom. The third-order valence-corrected chi connectivity index (χ3v) is 23.8. The molecule has 1 unspecified atom stereocenters. The number of aliphatic hydroxyl groups is 6. The maximum Gasteiger partial charge on any atom is 0.351 e. The summed E-state index contributed by atoms with van der Waals surface area (Å²) in [6.07, 6.45) is -20.6. The number of hydrogen-bond donors (Lipinski definition) is 18. The van der Waals surface area contributed by atoms with Gasteiger partial charge in [-0.1, -0.05) is 0 Å². The second-order valence-electron chi connectivity index (χ2n) is 36.0. The summed E-state index contributed by atoms with van der Waals surface area (Å²) < 4.78 is 217. The zero-order chi connectivity index (χ0) is 109. The molecule has 51 nitrogen and oxygen atoms in total. The van der Waals surface area contributed by atoms with Gasteiger partial charge < -0.3 is 159 Å². The molecule has 6 aromatic rings. The number of nitrogen functional groups attached to an aromatic ring is 5. The molecule has 147 heavy (non-hydrogen) atoms. The summed E-state index contributed by atoms with van der Waals surface area (Å²) in [6, 6.07) is 7.45.